The first-order valence-electron chi connectivity index (χ1n) is 19.3. The molecule has 0 saturated heterocycles. The van der Waals surface area contributed by atoms with Gasteiger partial charge >= 0.3 is 107 Å². The van der Waals surface area contributed by atoms with Crippen LogP contribution in [0.1, 0.15) is 6.42 Å². The van der Waals surface area contributed by atoms with Crippen LogP contribution in [0.5, 0.6) is 0 Å². The third-order valence-corrected chi connectivity index (χ3v) is 11.6. The lowest BCUT2D eigenvalue weighted by atomic mass is 9.74. The molecule has 0 aliphatic carbocycles. The summed E-state index contributed by atoms with van der Waals surface area (Å²) in [5.41, 5.74) is -8.67. The van der Waals surface area contributed by atoms with Gasteiger partial charge in [-0.2, -0.15) is 158 Å². The molecule has 1 nitrogen and oxygen atoms in total. The zero-order chi connectivity index (χ0) is 69.8. The molecule has 85 heavy (non-hydrogen) atoms. The van der Waals surface area contributed by atoms with E-state index in [9.17, 15) is 193 Å². The molecule has 0 amide bonds. The van der Waals surface area contributed by atoms with Gasteiger partial charge < -0.3 is 4.43 Å². The fourth-order valence-corrected chi connectivity index (χ4v) is 6.25. The third-order valence-electron chi connectivity index (χ3n) is 11.2. The Bertz CT molecular complexity index is 2120. The molecule has 0 saturated carbocycles. The summed E-state index contributed by atoms with van der Waals surface area (Å²) in [5.74, 6) is -175. The van der Waals surface area contributed by atoms with Crippen molar-refractivity contribution >= 4 is 10.5 Å². The largest absolute Gasteiger partial charge is 0.407 e. The lowest BCUT2D eigenvalue weighted by molar-refractivity contribution is -0.445. The predicted octanol–water partition coefficient (Wildman–Crippen LogP) is 16.5. The fourth-order valence-electron chi connectivity index (χ4n) is 5.96. The quantitative estimate of drug-likeness (QED) is 0.0482. The predicted molar refractivity (Wildman–Crippen MR) is 165 cm³/mol. The molecule has 0 heterocycles. The van der Waals surface area contributed by atoms with Crippen molar-refractivity contribution in [3.8, 4) is 0 Å². The summed E-state index contributed by atoms with van der Waals surface area (Å²) < 4.78 is 724. The Morgan fingerprint density at radius 2 is 0.376 bits per heavy atom. The second-order valence-corrected chi connectivity index (χ2v) is 16.8. The Morgan fingerprint density at radius 3 is 0.529 bits per heavy atom. The molecule has 53 heteroatoms. The minimum atomic E-state index is -10.2. The van der Waals surface area contributed by atoms with Crippen LogP contribution in [0, 0.1) is 0 Å². The van der Waals surface area contributed by atoms with Crippen LogP contribution < -0.4 is 0 Å². The number of hydrogen-bond acceptors (Lipinski definition) is 1. The summed E-state index contributed by atoms with van der Waals surface area (Å²) >= 11 is 0. The first kappa shape index (κ1) is 81.6. The van der Waals surface area contributed by atoms with Crippen molar-refractivity contribution in [3.05, 3.63) is 0 Å². The molecule has 0 aromatic carbocycles. The zero-order valence-electron chi connectivity index (χ0n) is 37.3. The molecular formula is C32H14F51OSi. The van der Waals surface area contributed by atoms with Crippen molar-refractivity contribution in [3.63, 3.8) is 0 Å². The molecule has 0 aromatic heterocycles. The van der Waals surface area contributed by atoms with Crippen LogP contribution in [0.2, 0.25) is 0 Å². The molecule has 0 aliphatic rings. The van der Waals surface area contributed by atoms with E-state index >= 15 is 30.7 Å². The Labute approximate surface area is 433 Å². The van der Waals surface area contributed by atoms with Crippen LogP contribution in [0.15, 0.2) is 0 Å². The molecule has 0 N–H and O–H groups in total. The lowest BCUT2D eigenvalue weighted by Crippen LogP contribution is -2.78. The fraction of sp³-hybridized carbons (Fsp3) is 1.00. The molecule has 0 bridgehead atoms. The van der Waals surface area contributed by atoms with Gasteiger partial charge in [0.15, 0.2) is 24.7 Å². The van der Waals surface area contributed by atoms with Crippen LogP contribution in [-0.2, 0) is 4.43 Å². The van der Waals surface area contributed by atoms with Gasteiger partial charge in [-0.15, -0.1) is 0 Å². The van der Waals surface area contributed by atoms with Gasteiger partial charge in [-0.3, -0.25) is 0 Å². The summed E-state index contributed by atoms with van der Waals surface area (Å²) in [6, 6.07) is 0. The maximum atomic E-state index is 15.8. The maximum Gasteiger partial charge on any atom is 0.384 e. The summed E-state index contributed by atoms with van der Waals surface area (Å²) in [5, 5.41) is 0. The Morgan fingerprint density at radius 1 is 0.224 bits per heavy atom. The second kappa shape index (κ2) is 23.1. The van der Waals surface area contributed by atoms with Crippen molar-refractivity contribution in [2.45, 2.75) is 193 Å². The minimum Gasteiger partial charge on any atom is -0.407 e. The molecule has 0 rings (SSSR count). The Balaban J connectivity index is 9.28. The first-order valence-corrected chi connectivity index (χ1v) is 19.7. The highest BCUT2D eigenvalue weighted by molar-refractivity contribution is 5.98. The van der Waals surface area contributed by atoms with E-state index < -0.39 is 193 Å². The molecule has 0 fully saturated rings. The van der Waals surface area contributed by atoms with E-state index in [0.29, 0.717) is 0 Å². The van der Waals surface area contributed by atoms with E-state index in [4.69, 9.17) is 0 Å². The van der Waals surface area contributed by atoms with Gasteiger partial charge in [0.1, 0.15) is 5.60 Å². The van der Waals surface area contributed by atoms with E-state index in [1.54, 1.807) is 0 Å². The van der Waals surface area contributed by atoms with Crippen LogP contribution >= 0.6 is 0 Å². The van der Waals surface area contributed by atoms with Gasteiger partial charge in [-0.1, -0.05) is 0 Å². The summed E-state index contributed by atoms with van der Waals surface area (Å²) in [7, 11) is 0.0532. The van der Waals surface area contributed by atoms with Gasteiger partial charge in [-0.25, -0.2) is 65.9 Å². The molecule has 509 valence electrons. The van der Waals surface area contributed by atoms with Gasteiger partial charge in [0, 0.05) is 6.42 Å². The molecule has 0 aromatic rings. The smallest absolute Gasteiger partial charge is 0.384 e. The first-order chi connectivity index (χ1) is 36.5. The van der Waals surface area contributed by atoms with Crippen molar-refractivity contribution in [2.75, 3.05) is 0 Å². The van der Waals surface area contributed by atoms with E-state index in [-0.39, 0.29) is 10.5 Å². The average molecular weight is 1410 g/mol. The molecule has 3 radical (unpaired) electrons. The van der Waals surface area contributed by atoms with Crippen LogP contribution in [-0.4, -0.2) is 198 Å². The molecule has 0 aliphatic heterocycles. The van der Waals surface area contributed by atoms with E-state index in [1.807, 2.05) is 0 Å². The summed E-state index contributed by atoms with van der Waals surface area (Å²) in [4.78, 5) is 0. The summed E-state index contributed by atoms with van der Waals surface area (Å²) in [6.45, 7) is 0. The molecule has 0 spiro atoms. The minimum absolute atomic E-state index is 0.0532. The Hall–Kier alpha value is -3.39. The number of halogens is 51. The highest BCUT2D eigenvalue weighted by Crippen LogP contribution is 2.68. The average Bonchev–Trinajstić information content (AvgIpc) is 3.34. The number of rotatable bonds is 32. The van der Waals surface area contributed by atoms with Gasteiger partial charge in [-0.05, 0) is 0 Å². The number of alkyl halides is 51. The molecular weight excluding hydrogens is 1400 g/mol. The highest BCUT2D eigenvalue weighted by Gasteiger charge is 2.97. The van der Waals surface area contributed by atoms with Crippen molar-refractivity contribution in [2.24, 2.45) is 0 Å². The van der Waals surface area contributed by atoms with Crippen LogP contribution in [0.4, 0.5) is 224 Å². The maximum absolute atomic E-state index is 15.8. The number of hydrogen-bond donors (Lipinski definition) is 0. The van der Waals surface area contributed by atoms with E-state index in [0.717, 1.165) is 0 Å². The van der Waals surface area contributed by atoms with Gasteiger partial charge in [0.2, 0.25) is 41.3 Å². The van der Waals surface area contributed by atoms with Gasteiger partial charge in [0.05, 0.1) is 0 Å². The monoisotopic (exact) mass is 1410 g/mol. The van der Waals surface area contributed by atoms with E-state index in [2.05, 4.69) is 4.43 Å². The van der Waals surface area contributed by atoms with Gasteiger partial charge in [0.25, 0.3) is 19.3 Å². The SMILES string of the molecule is FC(F)C(F)C(F)C(F)(F)C(F)(F)C(F)(F)C(F)(F)C(F)(F)C(F)(F)C(F)CC(O[Si])(C(F)C(F)(F)C(F)(F)C(F)(F)C(F)(F)C(F)(F)C(F)(F)C(F)C(F)C(F)F)C(F)C(F)(F)C(F)(F)C(F)(F)C(F)(F)C(F)(F)C(F)(F)C(F)C(F)C(F)F. The third kappa shape index (κ3) is 11.1. The molecule has 9 unspecified atom stereocenters. The van der Waals surface area contributed by atoms with Crippen molar-refractivity contribution in [1.29, 1.82) is 0 Å². The summed E-state index contributed by atoms with van der Waals surface area (Å²) in [6.07, 6.45) is -85.4. The topological polar surface area (TPSA) is 9.23 Å². The van der Waals surface area contributed by atoms with E-state index in [1.165, 1.54) is 0 Å². The zero-order valence-corrected chi connectivity index (χ0v) is 38.3. The standard InChI is InChI=1S/C32H14F51OSi/c33-2(15(48,49)21(60,61)27(72,73)28(74,75)22(62,63)16(50,51)6(37)3(34)9(40)41)1-14(84-85,12(46)19(56,57)25(68,69)31(80,81)29(76,77)23(64,65)17(52,53)7(38)4(35)10(42)43)13(47)20(58,59)26(70,71)32(82,83)30(78,79)24(66,67)18(54,55)8(39)5(36)11(44)45/h2-13H,1H2. The second-order valence-electron chi connectivity index (χ2n) is 16.6. The normalized spacial score (nSPS) is 20.1. The lowest BCUT2D eigenvalue weighted by Gasteiger charge is -2.49. The highest BCUT2D eigenvalue weighted by atomic mass is 28.2. The van der Waals surface area contributed by atoms with Crippen LogP contribution in [0.25, 0.3) is 0 Å². The Kier molecular flexibility index (Phi) is 22.2. The molecule has 9 atom stereocenters. The van der Waals surface area contributed by atoms with Crippen molar-refractivity contribution in [1.82, 2.24) is 0 Å². The van der Waals surface area contributed by atoms with Crippen LogP contribution in [0.3, 0.4) is 0 Å². The van der Waals surface area contributed by atoms with Crippen molar-refractivity contribution < 1.29 is 228 Å².